The lowest BCUT2D eigenvalue weighted by molar-refractivity contribution is 0.836. The Hall–Kier alpha value is -2.01. The highest BCUT2D eigenvalue weighted by Gasteiger charge is 2.26. The minimum absolute atomic E-state index is 0.0101. The fourth-order valence-corrected chi connectivity index (χ4v) is 3.28. The van der Waals surface area contributed by atoms with E-state index in [-0.39, 0.29) is 5.50 Å². The van der Waals surface area contributed by atoms with Gasteiger partial charge in [-0.2, -0.15) is 10.2 Å². The summed E-state index contributed by atoms with van der Waals surface area (Å²) in [5.74, 6) is 0. The van der Waals surface area contributed by atoms with Gasteiger partial charge in [-0.3, -0.25) is 0 Å². The molecule has 0 bridgehead atoms. The van der Waals surface area contributed by atoms with Crippen molar-refractivity contribution in [3.8, 4) is 0 Å². The zero-order valence-corrected chi connectivity index (χ0v) is 13.2. The molecule has 1 aliphatic rings. The normalized spacial score (nSPS) is 17.3. The van der Waals surface area contributed by atoms with E-state index < -0.39 is 0 Å². The van der Waals surface area contributed by atoms with Crippen LogP contribution >= 0.6 is 11.8 Å². The highest BCUT2D eigenvalue weighted by atomic mass is 32.2. The van der Waals surface area contributed by atoms with Crippen LogP contribution in [0.15, 0.2) is 63.7 Å². The van der Waals surface area contributed by atoms with Gasteiger partial charge >= 0.3 is 0 Å². The van der Waals surface area contributed by atoms with Crippen LogP contribution in [0.4, 0.5) is 17.1 Å². The minimum Gasteiger partial charge on any atom is -0.378 e. The molecule has 0 saturated carbocycles. The number of hydrogen-bond acceptors (Lipinski definition) is 5. The van der Waals surface area contributed by atoms with Crippen LogP contribution in [0.3, 0.4) is 0 Å². The fourth-order valence-electron chi connectivity index (χ4n) is 2.19. The Morgan fingerprint density at radius 3 is 2.43 bits per heavy atom. The van der Waals surface area contributed by atoms with Crippen molar-refractivity contribution in [2.75, 3.05) is 30.9 Å². The third kappa shape index (κ3) is 2.88. The SMILES string of the molecule is CN(C)c1ccc(N=NC2Sc3ccccc3N2C)cc1. The Balaban J connectivity index is 1.73. The molecule has 0 spiro atoms. The van der Waals surface area contributed by atoms with Crippen LogP contribution in [-0.2, 0) is 0 Å². The Morgan fingerprint density at radius 1 is 1.05 bits per heavy atom. The molecule has 0 N–H and O–H groups in total. The number of para-hydroxylation sites is 1. The van der Waals surface area contributed by atoms with Crippen LogP contribution in [0, 0.1) is 0 Å². The molecule has 21 heavy (non-hydrogen) atoms. The van der Waals surface area contributed by atoms with Crippen LogP contribution in [0.1, 0.15) is 0 Å². The first kappa shape index (κ1) is 13.9. The zero-order chi connectivity index (χ0) is 14.8. The van der Waals surface area contributed by atoms with Crippen LogP contribution in [0.2, 0.25) is 0 Å². The number of benzene rings is 2. The molecule has 5 heteroatoms. The molecule has 1 aliphatic heterocycles. The van der Waals surface area contributed by atoms with Gasteiger partial charge in [0, 0.05) is 31.7 Å². The monoisotopic (exact) mass is 298 g/mol. The highest BCUT2D eigenvalue weighted by molar-refractivity contribution is 8.00. The molecule has 2 aromatic rings. The molecule has 0 saturated heterocycles. The average Bonchev–Trinajstić information content (AvgIpc) is 2.82. The highest BCUT2D eigenvalue weighted by Crippen LogP contribution is 2.42. The van der Waals surface area contributed by atoms with Gasteiger partial charge in [0.2, 0.25) is 0 Å². The molecule has 0 aromatic heterocycles. The summed E-state index contributed by atoms with van der Waals surface area (Å²) in [6.45, 7) is 0. The summed E-state index contributed by atoms with van der Waals surface area (Å²) in [5.41, 5.74) is 3.27. The summed E-state index contributed by atoms with van der Waals surface area (Å²) in [7, 11) is 6.10. The number of fused-ring (bicyclic) bond motifs is 1. The Kier molecular flexibility index (Phi) is 3.84. The van der Waals surface area contributed by atoms with Crippen molar-refractivity contribution >= 4 is 28.8 Å². The summed E-state index contributed by atoms with van der Waals surface area (Å²) in [6.07, 6.45) is 0. The van der Waals surface area contributed by atoms with Crippen molar-refractivity contribution in [3.63, 3.8) is 0 Å². The summed E-state index contributed by atoms with van der Waals surface area (Å²) in [4.78, 5) is 5.47. The predicted octanol–water partition coefficient (Wildman–Crippen LogP) is 4.36. The standard InChI is InChI=1S/C16H18N4S/c1-19(2)13-10-8-12(9-11-13)17-18-16-20(3)14-6-4-5-7-15(14)21-16/h4-11,16H,1-3H3. The average molecular weight is 298 g/mol. The molecule has 0 fully saturated rings. The Labute approximate surface area is 129 Å². The molecular formula is C16H18N4S. The van der Waals surface area contributed by atoms with E-state index in [1.165, 1.54) is 10.6 Å². The maximum Gasteiger partial charge on any atom is 0.194 e. The van der Waals surface area contributed by atoms with Gasteiger partial charge in [0.25, 0.3) is 0 Å². The molecule has 1 atom stereocenters. The van der Waals surface area contributed by atoms with E-state index in [0.717, 1.165) is 11.4 Å². The largest absolute Gasteiger partial charge is 0.378 e. The maximum atomic E-state index is 4.46. The van der Waals surface area contributed by atoms with Crippen LogP contribution < -0.4 is 9.80 Å². The fraction of sp³-hybridized carbons (Fsp3) is 0.250. The Bertz CT molecular complexity index is 652. The molecule has 1 heterocycles. The van der Waals surface area contributed by atoms with Gasteiger partial charge < -0.3 is 9.80 Å². The lowest BCUT2D eigenvalue weighted by Crippen LogP contribution is -2.21. The first-order chi connectivity index (χ1) is 10.1. The molecular weight excluding hydrogens is 280 g/mol. The van der Waals surface area contributed by atoms with Gasteiger partial charge in [0.15, 0.2) is 5.50 Å². The van der Waals surface area contributed by atoms with E-state index >= 15 is 0 Å². The number of nitrogens with zero attached hydrogens (tertiary/aromatic N) is 4. The number of thioether (sulfide) groups is 1. The smallest absolute Gasteiger partial charge is 0.194 e. The summed E-state index contributed by atoms with van der Waals surface area (Å²) >= 11 is 1.73. The van der Waals surface area contributed by atoms with Crippen molar-refractivity contribution in [2.24, 2.45) is 10.2 Å². The lowest BCUT2D eigenvalue weighted by atomic mass is 10.3. The Morgan fingerprint density at radius 2 is 1.76 bits per heavy atom. The van der Waals surface area contributed by atoms with E-state index in [4.69, 9.17) is 0 Å². The van der Waals surface area contributed by atoms with Crippen molar-refractivity contribution < 1.29 is 0 Å². The summed E-state index contributed by atoms with van der Waals surface area (Å²) in [5, 5.41) is 8.83. The first-order valence-corrected chi connectivity index (χ1v) is 7.70. The van der Waals surface area contributed by atoms with E-state index in [9.17, 15) is 0 Å². The molecule has 0 radical (unpaired) electrons. The molecule has 0 amide bonds. The van der Waals surface area contributed by atoms with E-state index in [1.54, 1.807) is 11.8 Å². The number of azo groups is 1. The maximum absolute atomic E-state index is 4.46. The second-order valence-electron chi connectivity index (χ2n) is 5.15. The third-order valence-corrected chi connectivity index (χ3v) is 4.67. The van der Waals surface area contributed by atoms with Crippen LogP contribution in [-0.4, -0.2) is 26.6 Å². The second kappa shape index (κ2) is 5.77. The summed E-state index contributed by atoms with van der Waals surface area (Å²) < 4.78 is 0. The van der Waals surface area contributed by atoms with Crippen LogP contribution in [0.25, 0.3) is 0 Å². The number of rotatable bonds is 3. The molecule has 2 aromatic carbocycles. The lowest BCUT2D eigenvalue weighted by Gasteiger charge is -2.16. The number of anilines is 2. The molecule has 0 aliphatic carbocycles. The molecule has 4 nitrogen and oxygen atoms in total. The minimum atomic E-state index is 0.0101. The van der Waals surface area contributed by atoms with Gasteiger partial charge in [-0.25, -0.2) is 0 Å². The van der Waals surface area contributed by atoms with Gasteiger partial charge in [-0.05, 0) is 36.4 Å². The van der Waals surface area contributed by atoms with Crippen molar-refractivity contribution in [1.29, 1.82) is 0 Å². The molecule has 108 valence electrons. The van der Waals surface area contributed by atoms with Crippen molar-refractivity contribution in [1.82, 2.24) is 0 Å². The van der Waals surface area contributed by atoms with Gasteiger partial charge in [0.05, 0.1) is 11.4 Å². The van der Waals surface area contributed by atoms with Gasteiger partial charge in [-0.15, -0.1) is 0 Å². The van der Waals surface area contributed by atoms with Crippen molar-refractivity contribution in [2.45, 2.75) is 10.4 Å². The van der Waals surface area contributed by atoms with Gasteiger partial charge in [-0.1, -0.05) is 23.9 Å². The predicted molar refractivity (Wildman–Crippen MR) is 89.8 cm³/mol. The summed E-state index contributed by atoms with van der Waals surface area (Å²) in [6, 6.07) is 16.4. The van der Waals surface area contributed by atoms with E-state index in [0.29, 0.717) is 0 Å². The van der Waals surface area contributed by atoms with E-state index in [1.807, 2.05) is 26.2 Å². The first-order valence-electron chi connectivity index (χ1n) is 6.82. The third-order valence-electron chi connectivity index (χ3n) is 3.45. The van der Waals surface area contributed by atoms with Crippen LogP contribution in [0.5, 0.6) is 0 Å². The topological polar surface area (TPSA) is 31.2 Å². The van der Waals surface area contributed by atoms with E-state index in [2.05, 4.69) is 63.5 Å². The van der Waals surface area contributed by atoms with Crippen molar-refractivity contribution in [3.05, 3.63) is 48.5 Å². The molecule has 3 rings (SSSR count). The number of hydrogen-bond donors (Lipinski definition) is 0. The second-order valence-corrected chi connectivity index (χ2v) is 6.25. The van der Waals surface area contributed by atoms with Gasteiger partial charge in [0.1, 0.15) is 0 Å². The molecule has 1 unspecified atom stereocenters. The zero-order valence-electron chi connectivity index (χ0n) is 12.4. The quantitative estimate of drug-likeness (QED) is 0.789.